The summed E-state index contributed by atoms with van der Waals surface area (Å²) in [4.78, 5) is 11.8. The first kappa shape index (κ1) is 16.5. The van der Waals surface area contributed by atoms with Crippen LogP contribution in [0.25, 0.3) is 0 Å². The van der Waals surface area contributed by atoms with Gasteiger partial charge in [-0.1, -0.05) is 12.1 Å². The minimum Gasteiger partial charge on any atom is -0.383 e. The highest BCUT2D eigenvalue weighted by molar-refractivity contribution is 7.90. The van der Waals surface area contributed by atoms with Crippen LogP contribution in [-0.4, -0.2) is 40.5 Å². The molecule has 112 valence electrons. The first-order chi connectivity index (χ1) is 9.32. The van der Waals surface area contributed by atoms with Crippen molar-refractivity contribution < 1.29 is 17.9 Å². The molecule has 0 aliphatic rings. The number of carbonyl (C=O) groups excluding carboxylic acids is 1. The molecule has 0 aliphatic carbocycles. The van der Waals surface area contributed by atoms with E-state index in [1.807, 2.05) is 6.92 Å². The Morgan fingerprint density at radius 2 is 1.90 bits per heavy atom. The molecule has 6 nitrogen and oxygen atoms in total. The van der Waals surface area contributed by atoms with Gasteiger partial charge in [0.15, 0.2) is 9.84 Å². The maximum absolute atomic E-state index is 11.6. The summed E-state index contributed by atoms with van der Waals surface area (Å²) in [6, 6.07) is 6.04. The third kappa shape index (κ3) is 5.58. The van der Waals surface area contributed by atoms with Crippen LogP contribution in [0, 0.1) is 0 Å². The van der Waals surface area contributed by atoms with E-state index in [0.717, 1.165) is 11.8 Å². The van der Waals surface area contributed by atoms with E-state index < -0.39 is 9.84 Å². The van der Waals surface area contributed by atoms with Gasteiger partial charge in [-0.2, -0.15) is 0 Å². The summed E-state index contributed by atoms with van der Waals surface area (Å²) in [6.45, 7) is 2.61. The van der Waals surface area contributed by atoms with Gasteiger partial charge in [0.25, 0.3) is 0 Å². The van der Waals surface area contributed by atoms with Crippen LogP contribution >= 0.6 is 0 Å². The Bertz CT molecular complexity index is 540. The number of methoxy groups -OCH3 is 1. The molecular weight excluding hydrogens is 280 g/mol. The molecule has 0 heterocycles. The molecule has 1 aromatic rings. The van der Waals surface area contributed by atoms with Gasteiger partial charge < -0.3 is 15.4 Å². The van der Waals surface area contributed by atoms with Crippen LogP contribution in [0.15, 0.2) is 29.2 Å². The Labute approximate surface area is 119 Å². The smallest absolute Gasteiger partial charge is 0.315 e. The van der Waals surface area contributed by atoms with Gasteiger partial charge in [-0.25, -0.2) is 13.2 Å². The lowest BCUT2D eigenvalue weighted by Gasteiger charge is -2.13. The number of hydrogen-bond acceptors (Lipinski definition) is 4. The molecule has 7 heteroatoms. The largest absolute Gasteiger partial charge is 0.383 e. The highest BCUT2D eigenvalue weighted by Crippen LogP contribution is 2.10. The third-order valence-electron chi connectivity index (χ3n) is 2.60. The van der Waals surface area contributed by atoms with Crippen LogP contribution in [-0.2, 0) is 21.1 Å². The number of ether oxygens (including phenoxy) is 1. The SMILES string of the molecule is COC[C@@H](C)NC(=O)NCc1ccc(S(C)(=O)=O)cc1. The van der Waals surface area contributed by atoms with Crippen molar-refractivity contribution in [2.45, 2.75) is 24.4 Å². The monoisotopic (exact) mass is 300 g/mol. The number of hydrogen-bond donors (Lipinski definition) is 2. The second-order valence-corrected chi connectivity index (χ2v) is 6.62. The zero-order chi connectivity index (χ0) is 15.2. The molecule has 2 amide bonds. The first-order valence-electron chi connectivity index (χ1n) is 6.15. The summed E-state index contributed by atoms with van der Waals surface area (Å²) in [7, 11) is -1.62. The molecule has 1 rings (SSSR count). The van der Waals surface area contributed by atoms with Gasteiger partial charge in [0.05, 0.1) is 17.5 Å². The fourth-order valence-corrected chi connectivity index (χ4v) is 2.23. The maximum Gasteiger partial charge on any atom is 0.315 e. The second-order valence-electron chi connectivity index (χ2n) is 4.60. The summed E-state index contributed by atoms with van der Waals surface area (Å²) in [6.07, 6.45) is 1.16. The van der Waals surface area contributed by atoms with Gasteiger partial charge in [-0.3, -0.25) is 0 Å². The average molecular weight is 300 g/mol. The lowest BCUT2D eigenvalue weighted by atomic mass is 10.2. The molecule has 0 radical (unpaired) electrons. The van der Waals surface area contributed by atoms with Gasteiger partial charge in [0.1, 0.15) is 0 Å². The molecule has 0 fully saturated rings. The van der Waals surface area contributed by atoms with Crippen molar-refractivity contribution in [1.29, 1.82) is 0 Å². The van der Waals surface area contributed by atoms with Gasteiger partial charge >= 0.3 is 6.03 Å². The predicted molar refractivity (Wildman–Crippen MR) is 76.3 cm³/mol. The molecule has 1 aromatic carbocycles. The standard InChI is InChI=1S/C13H20N2O4S/c1-10(9-19-2)15-13(16)14-8-11-4-6-12(7-5-11)20(3,17)18/h4-7,10H,8-9H2,1-3H3,(H2,14,15,16)/t10-/m1/s1. The zero-order valence-electron chi connectivity index (χ0n) is 11.8. The summed E-state index contributed by atoms with van der Waals surface area (Å²) < 4.78 is 27.5. The number of benzene rings is 1. The van der Waals surface area contributed by atoms with E-state index >= 15 is 0 Å². The van der Waals surface area contributed by atoms with Crippen molar-refractivity contribution in [3.05, 3.63) is 29.8 Å². The molecular formula is C13H20N2O4S. The number of rotatable bonds is 6. The first-order valence-corrected chi connectivity index (χ1v) is 8.04. The summed E-state index contributed by atoms with van der Waals surface area (Å²) in [5, 5.41) is 5.41. The van der Waals surface area contributed by atoms with E-state index in [1.165, 1.54) is 12.1 Å². The summed E-state index contributed by atoms with van der Waals surface area (Å²) in [5.74, 6) is 0. The van der Waals surface area contributed by atoms with E-state index in [1.54, 1.807) is 19.2 Å². The van der Waals surface area contributed by atoms with Crippen LogP contribution < -0.4 is 10.6 Å². The van der Waals surface area contributed by atoms with Crippen molar-refractivity contribution in [1.82, 2.24) is 10.6 Å². The Hall–Kier alpha value is -1.60. The lowest BCUT2D eigenvalue weighted by molar-refractivity contribution is 0.171. The molecule has 2 N–H and O–H groups in total. The Morgan fingerprint density at radius 3 is 2.40 bits per heavy atom. The molecule has 0 aromatic heterocycles. The highest BCUT2D eigenvalue weighted by atomic mass is 32.2. The zero-order valence-corrected chi connectivity index (χ0v) is 12.7. The summed E-state index contributed by atoms with van der Waals surface area (Å²) in [5.41, 5.74) is 0.826. The topological polar surface area (TPSA) is 84.5 Å². The van der Waals surface area contributed by atoms with Crippen LogP contribution in [0.2, 0.25) is 0 Å². The molecule has 0 saturated carbocycles. The third-order valence-corrected chi connectivity index (χ3v) is 3.73. The molecule has 20 heavy (non-hydrogen) atoms. The van der Waals surface area contributed by atoms with Crippen molar-refractivity contribution in [3.63, 3.8) is 0 Å². The molecule has 0 unspecified atom stereocenters. The second kappa shape index (κ2) is 7.25. The van der Waals surface area contributed by atoms with Crippen molar-refractivity contribution in [3.8, 4) is 0 Å². The Balaban J connectivity index is 2.48. The number of urea groups is 1. The minimum absolute atomic E-state index is 0.0763. The number of amides is 2. The Morgan fingerprint density at radius 1 is 1.30 bits per heavy atom. The number of sulfone groups is 1. The molecule has 1 atom stereocenters. The van der Waals surface area contributed by atoms with E-state index in [0.29, 0.717) is 13.2 Å². The number of nitrogens with one attached hydrogen (secondary N) is 2. The van der Waals surface area contributed by atoms with Crippen LogP contribution in [0.4, 0.5) is 4.79 Å². The quantitative estimate of drug-likeness (QED) is 0.818. The van der Waals surface area contributed by atoms with Crippen LogP contribution in [0.5, 0.6) is 0 Å². The van der Waals surface area contributed by atoms with Crippen molar-refractivity contribution in [2.24, 2.45) is 0 Å². The Kier molecular flexibility index (Phi) is 5.97. The average Bonchev–Trinajstić information content (AvgIpc) is 2.36. The van der Waals surface area contributed by atoms with Crippen LogP contribution in [0.1, 0.15) is 12.5 Å². The lowest BCUT2D eigenvalue weighted by Crippen LogP contribution is -2.42. The molecule has 0 spiro atoms. The van der Waals surface area contributed by atoms with Gasteiger partial charge in [-0.05, 0) is 24.6 Å². The van der Waals surface area contributed by atoms with E-state index in [2.05, 4.69) is 10.6 Å². The van der Waals surface area contributed by atoms with Gasteiger partial charge in [-0.15, -0.1) is 0 Å². The van der Waals surface area contributed by atoms with E-state index in [4.69, 9.17) is 4.74 Å². The van der Waals surface area contributed by atoms with Crippen LogP contribution in [0.3, 0.4) is 0 Å². The molecule has 0 saturated heterocycles. The van der Waals surface area contributed by atoms with Crippen molar-refractivity contribution >= 4 is 15.9 Å². The van der Waals surface area contributed by atoms with Crippen molar-refractivity contribution in [2.75, 3.05) is 20.0 Å². The molecule has 0 bridgehead atoms. The van der Waals surface area contributed by atoms with Gasteiger partial charge in [0.2, 0.25) is 0 Å². The minimum atomic E-state index is -3.19. The van der Waals surface area contributed by atoms with Gasteiger partial charge in [0, 0.05) is 19.9 Å². The summed E-state index contributed by atoms with van der Waals surface area (Å²) >= 11 is 0. The predicted octanol–water partition coefficient (Wildman–Crippen LogP) is 0.924. The normalized spacial score (nSPS) is 12.8. The van der Waals surface area contributed by atoms with E-state index in [9.17, 15) is 13.2 Å². The molecule has 0 aliphatic heterocycles. The number of carbonyl (C=O) groups is 1. The fourth-order valence-electron chi connectivity index (χ4n) is 1.60. The fraction of sp³-hybridized carbons (Fsp3) is 0.462. The highest BCUT2D eigenvalue weighted by Gasteiger charge is 2.08. The maximum atomic E-state index is 11.6. The van der Waals surface area contributed by atoms with E-state index in [-0.39, 0.29) is 17.0 Å².